The van der Waals surface area contributed by atoms with Crippen molar-refractivity contribution in [2.24, 2.45) is 5.73 Å². The number of carboxylic acid groups (broad SMARTS) is 1. The molecule has 4 nitrogen and oxygen atoms in total. The van der Waals surface area contributed by atoms with Gasteiger partial charge in [0.25, 0.3) is 0 Å². The second-order valence-corrected chi connectivity index (χ2v) is 1.13. The van der Waals surface area contributed by atoms with Gasteiger partial charge in [0.2, 0.25) is 0 Å². The van der Waals surface area contributed by atoms with Crippen LogP contribution in [0.5, 0.6) is 0 Å². The third-order valence-corrected chi connectivity index (χ3v) is 0.514. The predicted molar refractivity (Wildman–Crippen MR) is 37.0 cm³/mol. The first-order valence-corrected chi connectivity index (χ1v) is 1.77. The van der Waals surface area contributed by atoms with Crippen LogP contribution in [0.25, 0.3) is 0 Å². The van der Waals surface area contributed by atoms with Gasteiger partial charge >= 0.3 is 65.1 Å². The average molecular weight is 153 g/mol. The summed E-state index contributed by atoms with van der Waals surface area (Å²) in [6, 6.07) is -1.13. The van der Waals surface area contributed by atoms with Gasteiger partial charge in [-0.3, -0.25) is 4.79 Å². The van der Waals surface area contributed by atoms with Crippen LogP contribution in [0.2, 0.25) is 0 Å². The zero-order chi connectivity index (χ0) is 5.86. The monoisotopic (exact) mass is 153 g/mol. The summed E-state index contributed by atoms with van der Waals surface area (Å²) in [5, 5.41) is 15.9. The van der Waals surface area contributed by atoms with Gasteiger partial charge in [0.1, 0.15) is 6.04 Å². The van der Waals surface area contributed by atoms with E-state index in [-0.39, 0.29) is 59.1 Å². The van der Waals surface area contributed by atoms with Crippen molar-refractivity contribution in [3.63, 3.8) is 0 Å². The van der Waals surface area contributed by atoms with Crippen LogP contribution in [-0.4, -0.2) is 87.9 Å². The molecule has 0 saturated carbocycles. The second-order valence-electron chi connectivity index (χ2n) is 1.13. The van der Waals surface area contributed by atoms with Crippen LogP contribution < -0.4 is 5.73 Å². The molecule has 4 N–H and O–H groups in total. The molecule has 0 saturated heterocycles. The normalized spacial score (nSPS) is 10.4. The van der Waals surface area contributed by atoms with E-state index in [9.17, 15) is 4.79 Å². The summed E-state index contributed by atoms with van der Waals surface area (Å²) < 4.78 is 0. The summed E-state index contributed by atoms with van der Waals surface area (Å²) in [7, 11) is 0. The third-order valence-electron chi connectivity index (χ3n) is 0.514. The van der Waals surface area contributed by atoms with E-state index in [0.717, 1.165) is 0 Å². The van der Waals surface area contributed by atoms with E-state index in [2.05, 4.69) is 0 Å². The van der Waals surface area contributed by atoms with Gasteiger partial charge in [0, 0.05) is 0 Å². The van der Waals surface area contributed by atoms with Crippen molar-refractivity contribution in [1.82, 2.24) is 0 Å². The molecule has 0 spiro atoms. The molecular formula is C3H9NNa2O3. The molecule has 6 heteroatoms. The van der Waals surface area contributed by atoms with E-state index >= 15 is 0 Å². The Kier molecular flexibility index (Phi) is 17.5. The van der Waals surface area contributed by atoms with Gasteiger partial charge in [-0.1, -0.05) is 0 Å². The summed E-state index contributed by atoms with van der Waals surface area (Å²) in [4.78, 5) is 9.65. The minimum atomic E-state index is -1.18. The number of aliphatic hydroxyl groups is 1. The maximum absolute atomic E-state index is 9.65. The zero-order valence-electron chi connectivity index (χ0n) is 3.66. The molecule has 0 aromatic rings. The molecule has 9 heavy (non-hydrogen) atoms. The maximum atomic E-state index is 9.65. The predicted octanol–water partition coefficient (Wildman–Crippen LogP) is -2.91. The van der Waals surface area contributed by atoms with Crippen LogP contribution in [0.3, 0.4) is 0 Å². The number of aliphatic hydroxyl groups excluding tert-OH is 1. The fraction of sp³-hybridized carbons (Fsp3) is 0.667. The number of nitrogens with two attached hydrogens (primary N) is 1. The van der Waals surface area contributed by atoms with Crippen LogP contribution in [0.1, 0.15) is 0 Å². The van der Waals surface area contributed by atoms with Crippen LogP contribution in [-0.2, 0) is 4.79 Å². The van der Waals surface area contributed by atoms with E-state index in [4.69, 9.17) is 15.9 Å². The first kappa shape index (κ1) is 16.8. The van der Waals surface area contributed by atoms with Crippen molar-refractivity contribution in [3.8, 4) is 0 Å². The molecule has 0 bridgehead atoms. The second kappa shape index (κ2) is 9.39. The Balaban J connectivity index is -0.000000180. The summed E-state index contributed by atoms with van der Waals surface area (Å²) in [6.07, 6.45) is 0. The molecule has 0 aliphatic carbocycles. The van der Waals surface area contributed by atoms with E-state index in [1.54, 1.807) is 0 Å². The molecule has 0 aromatic carbocycles. The van der Waals surface area contributed by atoms with Crippen LogP contribution in [0, 0.1) is 0 Å². The summed E-state index contributed by atoms with van der Waals surface area (Å²) in [6.45, 7) is -0.505. The van der Waals surface area contributed by atoms with Crippen molar-refractivity contribution in [1.29, 1.82) is 0 Å². The van der Waals surface area contributed by atoms with Crippen LogP contribution in [0.15, 0.2) is 0 Å². The molecule has 1 atom stereocenters. The number of aliphatic carboxylic acids is 1. The number of carboxylic acids is 1. The standard InChI is InChI=1S/C3H7NO3.2Na.2H/c4-2(1-5)3(6)7;;;;/h2,5H,1,4H2,(H,6,7);;;;. The molecule has 0 amide bonds. The van der Waals surface area contributed by atoms with Gasteiger partial charge in [-0.05, 0) is 0 Å². The van der Waals surface area contributed by atoms with Gasteiger partial charge in [0.15, 0.2) is 0 Å². The van der Waals surface area contributed by atoms with Gasteiger partial charge < -0.3 is 15.9 Å². The van der Waals surface area contributed by atoms with E-state index in [0.29, 0.717) is 0 Å². The Morgan fingerprint density at radius 3 is 1.89 bits per heavy atom. The number of rotatable bonds is 2. The SMILES string of the molecule is NC(CO)C(=O)O.[NaH].[NaH]. The molecule has 0 radical (unpaired) electrons. The van der Waals surface area contributed by atoms with Crippen molar-refractivity contribution < 1.29 is 15.0 Å². The Hall–Kier alpha value is 1.39. The van der Waals surface area contributed by atoms with Crippen molar-refractivity contribution in [2.75, 3.05) is 6.61 Å². The van der Waals surface area contributed by atoms with Crippen LogP contribution in [0.4, 0.5) is 0 Å². The quantitative estimate of drug-likeness (QED) is 0.371. The number of carbonyl (C=O) groups is 1. The fourth-order valence-corrected chi connectivity index (χ4v) is 0.0781. The molecule has 46 valence electrons. The number of hydrogen-bond acceptors (Lipinski definition) is 3. The van der Waals surface area contributed by atoms with Crippen molar-refractivity contribution >= 4 is 65.1 Å². The van der Waals surface area contributed by atoms with Crippen molar-refractivity contribution in [2.45, 2.75) is 6.04 Å². The van der Waals surface area contributed by atoms with Crippen LogP contribution >= 0.6 is 0 Å². The molecule has 0 aliphatic rings. The average Bonchev–Trinajstić information content (AvgIpc) is 1.65. The first-order valence-electron chi connectivity index (χ1n) is 1.77. The summed E-state index contributed by atoms with van der Waals surface area (Å²) in [5.74, 6) is -1.18. The molecule has 0 fully saturated rings. The fourth-order valence-electron chi connectivity index (χ4n) is 0.0781. The summed E-state index contributed by atoms with van der Waals surface area (Å²) in [5.41, 5.74) is 4.77. The topological polar surface area (TPSA) is 83.5 Å². The molecule has 0 aliphatic heterocycles. The number of hydrogen-bond donors (Lipinski definition) is 3. The van der Waals surface area contributed by atoms with Gasteiger partial charge in [-0.15, -0.1) is 0 Å². The third kappa shape index (κ3) is 9.39. The Morgan fingerprint density at radius 1 is 1.56 bits per heavy atom. The van der Waals surface area contributed by atoms with Crippen molar-refractivity contribution in [3.05, 3.63) is 0 Å². The molecule has 1 unspecified atom stereocenters. The summed E-state index contributed by atoms with van der Waals surface area (Å²) >= 11 is 0. The Bertz CT molecular complexity index is 79.5. The first-order chi connectivity index (χ1) is 3.18. The van der Waals surface area contributed by atoms with E-state index < -0.39 is 18.6 Å². The van der Waals surface area contributed by atoms with Gasteiger partial charge in [-0.2, -0.15) is 0 Å². The minimum absolute atomic E-state index is 0. The zero-order valence-corrected chi connectivity index (χ0v) is 3.66. The van der Waals surface area contributed by atoms with E-state index in [1.165, 1.54) is 0 Å². The van der Waals surface area contributed by atoms with E-state index in [1.807, 2.05) is 0 Å². The van der Waals surface area contributed by atoms with Gasteiger partial charge in [-0.25, -0.2) is 0 Å². The Morgan fingerprint density at radius 2 is 1.89 bits per heavy atom. The van der Waals surface area contributed by atoms with Gasteiger partial charge in [0.05, 0.1) is 6.61 Å². The molecule has 0 aromatic heterocycles. The molecule has 0 heterocycles. The Labute approximate surface area is 97.4 Å². The molecule has 0 rings (SSSR count). The molecular weight excluding hydrogens is 144 g/mol.